The van der Waals surface area contributed by atoms with E-state index < -0.39 is 0 Å². The first-order valence-electron chi connectivity index (χ1n) is 6.65. The number of hydrogen-bond acceptors (Lipinski definition) is 9. The lowest BCUT2D eigenvalue weighted by atomic mass is 10.1. The van der Waals surface area contributed by atoms with Crippen molar-refractivity contribution in [3.05, 3.63) is 5.01 Å². The maximum absolute atomic E-state index is 12.2. The molecule has 1 amide bonds. The number of thioether (sulfide) groups is 2. The van der Waals surface area contributed by atoms with Crippen LogP contribution in [-0.4, -0.2) is 37.0 Å². The number of carbonyl (C=O) groups is 1. The summed E-state index contributed by atoms with van der Waals surface area (Å²) >= 11 is 5.64. The van der Waals surface area contributed by atoms with Crippen LogP contribution in [-0.2, 0) is 11.2 Å². The van der Waals surface area contributed by atoms with E-state index in [-0.39, 0.29) is 11.2 Å². The van der Waals surface area contributed by atoms with Gasteiger partial charge >= 0.3 is 0 Å². The van der Waals surface area contributed by atoms with Gasteiger partial charge in [-0.2, -0.15) is 4.37 Å². The molecule has 0 spiro atoms. The van der Waals surface area contributed by atoms with Gasteiger partial charge in [0.2, 0.25) is 16.2 Å². The molecule has 2 aromatic heterocycles. The van der Waals surface area contributed by atoms with Crippen LogP contribution in [0.15, 0.2) is 9.50 Å². The van der Waals surface area contributed by atoms with E-state index in [2.05, 4.69) is 38.7 Å². The fourth-order valence-corrected chi connectivity index (χ4v) is 4.79. The van der Waals surface area contributed by atoms with Gasteiger partial charge < -0.3 is 0 Å². The van der Waals surface area contributed by atoms with Crippen molar-refractivity contribution >= 4 is 57.4 Å². The summed E-state index contributed by atoms with van der Waals surface area (Å²) in [6, 6.07) is 0. The molecule has 1 atom stereocenters. The van der Waals surface area contributed by atoms with Crippen molar-refractivity contribution in [3.8, 4) is 0 Å². The molecule has 0 aliphatic heterocycles. The molecule has 0 saturated heterocycles. The Bertz CT molecular complexity index is 627. The Morgan fingerprint density at radius 1 is 1.32 bits per heavy atom. The highest BCUT2D eigenvalue weighted by atomic mass is 32.2. The average molecular weight is 376 g/mol. The van der Waals surface area contributed by atoms with Gasteiger partial charge in [0.25, 0.3) is 0 Å². The first-order chi connectivity index (χ1) is 10.5. The second kappa shape index (κ2) is 8.23. The molecule has 10 heteroatoms. The van der Waals surface area contributed by atoms with E-state index in [1.54, 1.807) is 0 Å². The highest BCUT2D eigenvalue weighted by molar-refractivity contribution is 8.02. The summed E-state index contributed by atoms with van der Waals surface area (Å²) in [5.41, 5.74) is 0. The normalized spacial score (nSPS) is 12.6. The van der Waals surface area contributed by atoms with Crippen LogP contribution in [0.5, 0.6) is 0 Å². The topological polar surface area (TPSA) is 80.7 Å². The average Bonchev–Trinajstić information content (AvgIpc) is 3.07. The smallest absolute Gasteiger partial charge is 0.239 e. The largest absolute Gasteiger partial charge is 0.300 e. The molecular weight excluding hydrogens is 358 g/mol. The number of nitrogens with one attached hydrogen (secondary N) is 1. The van der Waals surface area contributed by atoms with E-state index in [0.717, 1.165) is 20.9 Å². The van der Waals surface area contributed by atoms with Crippen LogP contribution in [0, 0.1) is 5.92 Å². The Morgan fingerprint density at radius 3 is 2.73 bits per heavy atom. The van der Waals surface area contributed by atoms with E-state index in [1.807, 2.05) is 13.2 Å². The summed E-state index contributed by atoms with van der Waals surface area (Å²) in [5.74, 6) is 0.423. The van der Waals surface area contributed by atoms with Crippen molar-refractivity contribution in [2.45, 2.75) is 41.9 Å². The molecule has 0 aliphatic carbocycles. The van der Waals surface area contributed by atoms with Crippen molar-refractivity contribution < 1.29 is 4.79 Å². The molecule has 2 heterocycles. The maximum atomic E-state index is 12.2. The lowest BCUT2D eigenvalue weighted by Gasteiger charge is -2.07. The van der Waals surface area contributed by atoms with E-state index in [1.165, 1.54) is 46.4 Å². The van der Waals surface area contributed by atoms with Crippen LogP contribution >= 0.6 is 46.4 Å². The summed E-state index contributed by atoms with van der Waals surface area (Å²) in [6.07, 6.45) is 2.80. The van der Waals surface area contributed by atoms with Crippen molar-refractivity contribution in [3.63, 3.8) is 0 Å². The van der Waals surface area contributed by atoms with Crippen LogP contribution in [0.25, 0.3) is 0 Å². The second-order valence-electron chi connectivity index (χ2n) is 4.90. The fourth-order valence-electron chi connectivity index (χ4n) is 1.48. The molecule has 0 fully saturated rings. The van der Waals surface area contributed by atoms with Crippen LogP contribution in [0.1, 0.15) is 25.8 Å². The lowest BCUT2D eigenvalue weighted by Crippen LogP contribution is -2.22. The van der Waals surface area contributed by atoms with Crippen LogP contribution in [0.3, 0.4) is 0 Å². The third-order valence-electron chi connectivity index (χ3n) is 2.50. The number of carbonyl (C=O) groups excluding carboxylic acids is 1. The minimum Gasteiger partial charge on any atom is -0.300 e. The van der Waals surface area contributed by atoms with Gasteiger partial charge in [0.15, 0.2) is 4.34 Å². The molecular formula is C12H17N5OS4. The number of hydrogen-bond donors (Lipinski definition) is 1. The van der Waals surface area contributed by atoms with Gasteiger partial charge in [-0.25, -0.2) is 4.98 Å². The summed E-state index contributed by atoms with van der Waals surface area (Å²) in [7, 11) is 0. The molecule has 1 unspecified atom stereocenters. The number of aromatic nitrogens is 4. The predicted molar refractivity (Wildman–Crippen MR) is 94.1 cm³/mol. The van der Waals surface area contributed by atoms with Crippen molar-refractivity contribution in [2.24, 2.45) is 5.92 Å². The van der Waals surface area contributed by atoms with E-state index in [0.29, 0.717) is 11.0 Å². The maximum Gasteiger partial charge on any atom is 0.239 e. The summed E-state index contributed by atoms with van der Waals surface area (Å²) in [4.78, 5) is 16.5. The van der Waals surface area contributed by atoms with Crippen molar-refractivity contribution in [1.29, 1.82) is 0 Å². The monoisotopic (exact) mass is 375 g/mol. The molecule has 2 rings (SSSR count). The fraction of sp³-hybridized carbons (Fsp3) is 0.583. The Hall–Kier alpha value is -0.710. The third kappa shape index (κ3) is 5.18. The van der Waals surface area contributed by atoms with Crippen LogP contribution in [0.2, 0.25) is 0 Å². The third-order valence-corrected chi connectivity index (χ3v) is 5.91. The first-order valence-corrected chi connectivity index (χ1v) is 10.3. The molecule has 2 aromatic rings. The second-order valence-corrected chi connectivity index (χ2v) is 9.07. The van der Waals surface area contributed by atoms with Crippen LogP contribution in [0.4, 0.5) is 5.13 Å². The Kier molecular flexibility index (Phi) is 6.60. The van der Waals surface area contributed by atoms with Gasteiger partial charge in [-0.3, -0.25) is 10.1 Å². The van der Waals surface area contributed by atoms with Gasteiger partial charge in [0.05, 0.1) is 5.25 Å². The van der Waals surface area contributed by atoms with Crippen molar-refractivity contribution in [2.75, 3.05) is 11.6 Å². The molecule has 0 aromatic carbocycles. The van der Waals surface area contributed by atoms with Gasteiger partial charge in [-0.05, 0) is 30.6 Å². The number of nitrogens with zero attached hydrogens (tertiary/aromatic N) is 4. The van der Waals surface area contributed by atoms with Gasteiger partial charge in [-0.15, -0.1) is 10.2 Å². The minimum absolute atomic E-state index is 0.0989. The zero-order chi connectivity index (χ0) is 16.1. The standard InChI is InChI=1S/C12H17N5OS4/c1-6(2)5-8-15-16-10(21-8)13-9(18)7(3)20-12-14-11(19-4)17-22-12/h6-7H,5H2,1-4H3,(H,13,16,18). The van der Waals surface area contributed by atoms with Crippen LogP contribution < -0.4 is 5.32 Å². The molecule has 0 aliphatic rings. The zero-order valence-corrected chi connectivity index (χ0v) is 16.0. The molecule has 0 bridgehead atoms. The SMILES string of the molecule is CSc1nsc(SC(C)C(=O)Nc2nnc(CC(C)C)s2)n1. The predicted octanol–water partition coefficient (Wildman–Crippen LogP) is 3.43. The first kappa shape index (κ1) is 17.6. The number of rotatable bonds is 7. The highest BCUT2D eigenvalue weighted by Gasteiger charge is 2.19. The molecule has 6 nitrogen and oxygen atoms in total. The van der Waals surface area contributed by atoms with E-state index in [9.17, 15) is 4.79 Å². The Labute approximate surface area is 146 Å². The summed E-state index contributed by atoms with van der Waals surface area (Å²) in [6.45, 7) is 6.10. The Morgan fingerprint density at radius 2 is 2.09 bits per heavy atom. The molecule has 0 saturated carbocycles. The summed E-state index contributed by atoms with van der Waals surface area (Å²) < 4.78 is 4.98. The Balaban J connectivity index is 1.89. The zero-order valence-electron chi connectivity index (χ0n) is 12.7. The van der Waals surface area contributed by atoms with Gasteiger partial charge in [-0.1, -0.05) is 48.7 Å². The molecule has 1 N–H and O–H groups in total. The van der Waals surface area contributed by atoms with E-state index >= 15 is 0 Å². The summed E-state index contributed by atoms with van der Waals surface area (Å²) in [5, 5.41) is 12.9. The van der Waals surface area contributed by atoms with E-state index in [4.69, 9.17) is 0 Å². The molecule has 120 valence electrons. The number of amides is 1. The quantitative estimate of drug-likeness (QED) is 0.743. The van der Waals surface area contributed by atoms with Crippen molar-refractivity contribution in [1.82, 2.24) is 19.6 Å². The highest BCUT2D eigenvalue weighted by Crippen LogP contribution is 2.28. The van der Waals surface area contributed by atoms with Gasteiger partial charge in [0.1, 0.15) is 5.01 Å². The minimum atomic E-state index is -0.264. The molecule has 0 radical (unpaired) electrons. The number of anilines is 1. The molecule has 22 heavy (non-hydrogen) atoms. The lowest BCUT2D eigenvalue weighted by molar-refractivity contribution is -0.115. The van der Waals surface area contributed by atoms with Gasteiger partial charge in [0, 0.05) is 6.42 Å².